The smallest absolute Gasteiger partial charge is 0.144 e. The van der Waals surface area contributed by atoms with E-state index in [1.165, 1.54) is 11.1 Å². The van der Waals surface area contributed by atoms with Crippen molar-refractivity contribution < 1.29 is 4.74 Å². The van der Waals surface area contributed by atoms with Gasteiger partial charge in [0.25, 0.3) is 0 Å². The molecule has 0 N–H and O–H groups in total. The number of fused-ring (bicyclic) bond motifs is 1. The molecule has 32 heavy (non-hydrogen) atoms. The van der Waals surface area contributed by atoms with Gasteiger partial charge in [-0.1, -0.05) is 36.8 Å². The predicted molar refractivity (Wildman–Crippen MR) is 128 cm³/mol. The van der Waals surface area contributed by atoms with E-state index in [-0.39, 0.29) is 5.92 Å². The number of aromatic nitrogens is 4. The van der Waals surface area contributed by atoms with Gasteiger partial charge in [-0.3, -0.25) is 4.98 Å². The topological polar surface area (TPSA) is 44.9 Å². The Labute approximate surface area is 188 Å². The molecule has 0 aliphatic heterocycles. The molecule has 0 bridgehead atoms. The normalized spacial score (nSPS) is 12.2. The summed E-state index contributed by atoms with van der Waals surface area (Å²) < 4.78 is 9.89. The molecule has 3 heterocycles. The highest BCUT2D eigenvalue weighted by Gasteiger charge is 2.16. The number of nitrogens with zero attached hydrogens (tertiary/aromatic N) is 4. The maximum absolute atomic E-state index is 5.71. The van der Waals surface area contributed by atoms with E-state index in [0.29, 0.717) is 0 Å². The third kappa shape index (κ3) is 3.46. The Balaban J connectivity index is 1.57. The predicted octanol–water partition coefficient (Wildman–Crippen LogP) is 5.99. The van der Waals surface area contributed by atoms with Crippen molar-refractivity contribution in [3.63, 3.8) is 0 Å². The molecule has 1 unspecified atom stereocenters. The zero-order valence-electron chi connectivity index (χ0n) is 18.8. The minimum absolute atomic E-state index is 0.205. The summed E-state index contributed by atoms with van der Waals surface area (Å²) in [5, 5.41) is 1.16. The summed E-state index contributed by atoms with van der Waals surface area (Å²) in [6.45, 7) is 6.31. The summed E-state index contributed by atoms with van der Waals surface area (Å²) in [4.78, 5) is 9.09. The maximum Gasteiger partial charge on any atom is 0.144 e. The molecule has 2 aromatic carbocycles. The van der Waals surface area contributed by atoms with Crippen molar-refractivity contribution in [2.24, 2.45) is 0 Å². The molecule has 160 valence electrons. The van der Waals surface area contributed by atoms with Crippen molar-refractivity contribution in [3.8, 4) is 17.1 Å². The number of imidazole rings is 1. The molecule has 0 amide bonds. The van der Waals surface area contributed by atoms with Crippen LogP contribution in [0.5, 0.6) is 5.75 Å². The van der Waals surface area contributed by atoms with Crippen LogP contribution in [-0.4, -0.2) is 26.2 Å². The second-order valence-electron chi connectivity index (χ2n) is 8.23. The monoisotopic (exact) mass is 422 g/mol. The van der Waals surface area contributed by atoms with Crippen LogP contribution in [0.25, 0.3) is 22.3 Å². The Morgan fingerprint density at radius 3 is 2.47 bits per heavy atom. The van der Waals surface area contributed by atoms with Gasteiger partial charge in [0.05, 0.1) is 36.0 Å². The van der Waals surface area contributed by atoms with Crippen LogP contribution in [0.2, 0.25) is 0 Å². The number of hydrogen-bond donors (Lipinski definition) is 0. The van der Waals surface area contributed by atoms with Gasteiger partial charge in [-0.2, -0.15) is 0 Å². The second-order valence-corrected chi connectivity index (χ2v) is 8.23. The van der Waals surface area contributed by atoms with Crippen LogP contribution >= 0.6 is 0 Å². The summed E-state index contributed by atoms with van der Waals surface area (Å²) in [6, 6.07) is 19.2. The molecule has 1 atom stereocenters. The summed E-state index contributed by atoms with van der Waals surface area (Å²) in [6.07, 6.45) is 7.81. The first kappa shape index (κ1) is 20.1. The van der Waals surface area contributed by atoms with Crippen molar-refractivity contribution in [3.05, 3.63) is 102 Å². The van der Waals surface area contributed by atoms with Crippen LogP contribution in [0.1, 0.15) is 35.4 Å². The molecule has 5 rings (SSSR count). The quantitative estimate of drug-likeness (QED) is 0.349. The first-order valence-electron chi connectivity index (χ1n) is 10.8. The Kier molecular flexibility index (Phi) is 5.02. The van der Waals surface area contributed by atoms with Crippen LogP contribution in [-0.2, 0) is 0 Å². The third-order valence-corrected chi connectivity index (χ3v) is 6.07. The van der Waals surface area contributed by atoms with E-state index in [9.17, 15) is 0 Å². The summed E-state index contributed by atoms with van der Waals surface area (Å²) in [5.41, 5.74) is 7.72. The fourth-order valence-electron chi connectivity index (χ4n) is 4.25. The Bertz CT molecular complexity index is 1400. The van der Waals surface area contributed by atoms with Gasteiger partial charge in [-0.25, -0.2) is 4.98 Å². The van der Waals surface area contributed by atoms with Gasteiger partial charge in [0.2, 0.25) is 0 Å². The second kappa shape index (κ2) is 8.00. The van der Waals surface area contributed by atoms with Crippen molar-refractivity contribution in [1.29, 1.82) is 0 Å². The molecule has 0 fully saturated rings. The average Bonchev–Trinajstić information content (AvgIpc) is 3.45. The third-order valence-electron chi connectivity index (χ3n) is 6.07. The molecule has 3 aromatic heterocycles. The van der Waals surface area contributed by atoms with E-state index in [2.05, 4.69) is 84.2 Å². The van der Waals surface area contributed by atoms with Gasteiger partial charge in [-0.15, -0.1) is 0 Å². The molecular formula is C27H26N4O. The van der Waals surface area contributed by atoms with E-state index in [1.807, 2.05) is 30.2 Å². The zero-order chi connectivity index (χ0) is 22.2. The molecule has 0 spiro atoms. The number of ether oxygens (including phenoxy) is 1. The van der Waals surface area contributed by atoms with Crippen LogP contribution in [0.3, 0.4) is 0 Å². The molecule has 0 saturated carbocycles. The first-order chi connectivity index (χ1) is 15.5. The highest BCUT2D eigenvalue weighted by atomic mass is 16.5. The van der Waals surface area contributed by atoms with Crippen LogP contribution in [0.15, 0.2) is 79.5 Å². The highest BCUT2D eigenvalue weighted by Crippen LogP contribution is 2.32. The van der Waals surface area contributed by atoms with E-state index >= 15 is 0 Å². The van der Waals surface area contributed by atoms with Gasteiger partial charge in [0, 0.05) is 41.6 Å². The molecule has 0 aliphatic carbocycles. The lowest BCUT2D eigenvalue weighted by Crippen LogP contribution is -2.01. The van der Waals surface area contributed by atoms with Crippen LogP contribution < -0.4 is 4.74 Å². The average molecular weight is 423 g/mol. The van der Waals surface area contributed by atoms with E-state index < -0.39 is 0 Å². The Morgan fingerprint density at radius 2 is 1.75 bits per heavy atom. The number of aryl methyl sites for hydroxylation is 2. The lowest BCUT2D eigenvalue weighted by Gasteiger charge is -2.15. The highest BCUT2D eigenvalue weighted by molar-refractivity contribution is 5.85. The molecule has 5 heteroatoms. The van der Waals surface area contributed by atoms with Crippen molar-refractivity contribution in [1.82, 2.24) is 19.1 Å². The van der Waals surface area contributed by atoms with Crippen LogP contribution in [0.4, 0.5) is 0 Å². The number of methoxy groups -OCH3 is 1. The minimum Gasteiger partial charge on any atom is -0.494 e. The lowest BCUT2D eigenvalue weighted by molar-refractivity contribution is 0.412. The van der Waals surface area contributed by atoms with Crippen molar-refractivity contribution in [2.45, 2.75) is 26.7 Å². The van der Waals surface area contributed by atoms with Crippen LogP contribution in [0, 0.1) is 13.8 Å². The molecule has 5 nitrogen and oxygen atoms in total. The number of benzene rings is 2. The van der Waals surface area contributed by atoms with Crippen molar-refractivity contribution in [2.75, 3.05) is 7.11 Å². The van der Waals surface area contributed by atoms with Gasteiger partial charge >= 0.3 is 0 Å². The minimum atomic E-state index is 0.205. The number of pyridine rings is 1. The maximum atomic E-state index is 5.71. The Hall–Kier alpha value is -3.86. The fourth-order valence-corrected chi connectivity index (χ4v) is 4.25. The number of rotatable bonds is 5. The van der Waals surface area contributed by atoms with E-state index in [0.717, 1.165) is 39.4 Å². The zero-order valence-corrected chi connectivity index (χ0v) is 18.8. The fraction of sp³-hybridized carbons (Fsp3) is 0.185. The summed E-state index contributed by atoms with van der Waals surface area (Å²) in [5.74, 6) is 1.00. The lowest BCUT2D eigenvalue weighted by atomic mass is 9.94. The standard InChI is InChI=1S/C27H26N4O/c1-18-5-7-21(8-6-18)20(3)27-23-12-14-31(24(23)11-13-28-27)22-9-10-25(26(15-22)32-4)30-16-19(2)29-17-30/h5-17,20H,1-4H3. The van der Waals surface area contributed by atoms with E-state index in [1.54, 1.807) is 7.11 Å². The van der Waals surface area contributed by atoms with Gasteiger partial charge in [0.15, 0.2) is 0 Å². The van der Waals surface area contributed by atoms with Gasteiger partial charge < -0.3 is 13.9 Å². The molecular weight excluding hydrogens is 396 g/mol. The SMILES string of the molecule is COc1cc(-n2ccc3c(C(C)c4ccc(C)cc4)nccc32)ccc1-n1cnc(C)c1. The van der Waals surface area contributed by atoms with E-state index in [4.69, 9.17) is 9.72 Å². The summed E-state index contributed by atoms with van der Waals surface area (Å²) in [7, 11) is 1.70. The van der Waals surface area contributed by atoms with Crippen molar-refractivity contribution >= 4 is 10.9 Å². The Morgan fingerprint density at radius 1 is 0.938 bits per heavy atom. The molecule has 0 aliphatic rings. The molecule has 5 aromatic rings. The first-order valence-corrected chi connectivity index (χ1v) is 10.8. The summed E-state index contributed by atoms with van der Waals surface area (Å²) >= 11 is 0. The molecule has 0 radical (unpaired) electrons. The van der Waals surface area contributed by atoms with Gasteiger partial charge in [0.1, 0.15) is 5.75 Å². The largest absolute Gasteiger partial charge is 0.494 e. The van der Waals surface area contributed by atoms with Gasteiger partial charge in [-0.05, 0) is 43.7 Å². The molecule has 0 saturated heterocycles. The number of hydrogen-bond acceptors (Lipinski definition) is 3.